The molecule has 3 aliphatic carbocycles. The maximum absolute atomic E-state index is 2.50. The van der Waals surface area contributed by atoms with Gasteiger partial charge in [0.1, 0.15) is 0 Å². The molecule has 0 amide bonds. The van der Waals surface area contributed by atoms with Gasteiger partial charge >= 0.3 is 0 Å². The zero-order chi connectivity index (χ0) is 10.3. The van der Waals surface area contributed by atoms with Gasteiger partial charge in [0.25, 0.3) is 0 Å². The van der Waals surface area contributed by atoms with Crippen LogP contribution < -0.4 is 0 Å². The maximum atomic E-state index is 2.50. The molecule has 1 fully saturated rings. The Hall–Kier alpha value is -0.520. The second-order valence-corrected chi connectivity index (χ2v) is 5.82. The highest BCUT2D eigenvalue weighted by Gasteiger charge is 2.44. The second-order valence-electron chi connectivity index (χ2n) is 5.82. The molecular formula is C14H22. The summed E-state index contributed by atoms with van der Waals surface area (Å²) >= 11 is 0. The molecule has 14 heavy (non-hydrogen) atoms. The van der Waals surface area contributed by atoms with E-state index in [1.54, 1.807) is 0 Å². The lowest BCUT2D eigenvalue weighted by Crippen LogP contribution is -2.42. The van der Waals surface area contributed by atoms with Crippen molar-refractivity contribution < 1.29 is 0 Å². The van der Waals surface area contributed by atoms with Crippen LogP contribution in [-0.2, 0) is 0 Å². The van der Waals surface area contributed by atoms with E-state index in [4.69, 9.17) is 0 Å². The summed E-state index contributed by atoms with van der Waals surface area (Å²) in [6.45, 7) is 9.33. The zero-order valence-electron chi connectivity index (χ0n) is 9.88. The highest BCUT2D eigenvalue weighted by atomic mass is 14.5. The van der Waals surface area contributed by atoms with Crippen molar-refractivity contribution >= 4 is 0 Å². The molecule has 0 N–H and O–H groups in total. The Balaban J connectivity index is 2.32. The van der Waals surface area contributed by atoms with Gasteiger partial charge in [-0.3, -0.25) is 0 Å². The van der Waals surface area contributed by atoms with E-state index in [0.29, 0.717) is 5.41 Å². The molecule has 1 saturated carbocycles. The van der Waals surface area contributed by atoms with Crippen molar-refractivity contribution in [2.24, 2.45) is 23.2 Å². The van der Waals surface area contributed by atoms with Gasteiger partial charge in [0.05, 0.1) is 0 Å². The van der Waals surface area contributed by atoms with E-state index in [9.17, 15) is 0 Å². The summed E-state index contributed by atoms with van der Waals surface area (Å²) in [7, 11) is 0. The summed E-state index contributed by atoms with van der Waals surface area (Å²) in [5, 5.41) is 0. The molecule has 0 spiro atoms. The lowest BCUT2D eigenvalue weighted by Gasteiger charge is -2.50. The predicted molar refractivity (Wildman–Crippen MR) is 62.1 cm³/mol. The summed E-state index contributed by atoms with van der Waals surface area (Å²) in [4.78, 5) is 0. The third-order valence-electron chi connectivity index (χ3n) is 4.19. The zero-order valence-corrected chi connectivity index (χ0v) is 9.88. The molecule has 0 aromatic rings. The summed E-state index contributed by atoms with van der Waals surface area (Å²) in [6, 6.07) is 0. The van der Waals surface area contributed by atoms with Crippen LogP contribution in [0, 0.1) is 23.2 Å². The van der Waals surface area contributed by atoms with E-state index >= 15 is 0 Å². The largest absolute Gasteiger partial charge is 0.0846 e. The Morgan fingerprint density at radius 2 is 1.93 bits per heavy atom. The van der Waals surface area contributed by atoms with Crippen molar-refractivity contribution in [3.63, 3.8) is 0 Å². The molecule has 78 valence electrons. The second kappa shape index (κ2) is 3.25. The normalized spacial score (nSPS) is 38.4. The van der Waals surface area contributed by atoms with Crippen LogP contribution in [0.3, 0.4) is 0 Å². The Kier molecular flexibility index (Phi) is 2.33. The van der Waals surface area contributed by atoms with E-state index in [1.165, 1.54) is 18.4 Å². The summed E-state index contributed by atoms with van der Waals surface area (Å²) in [5.41, 5.74) is 1.96. The molecule has 0 heterocycles. The molecule has 0 saturated heterocycles. The number of hydrogen-bond donors (Lipinski definition) is 0. The first kappa shape index (κ1) is 10.0. The highest BCUT2D eigenvalue weighted by molar-refractivity contribution is 5.18. The molecule has 0 aromatic carbocycles. The third-order valence-corrected chi connectivity index (χ3v) is 4.19. The van der Waals surface area contributed by atoms with Gasteiger partial charge in [0.2, 0.25) is 0 Å². The minimum absolute atomic E-state index is 0.481. The first-order chi connectivity index (χ1) is 6.51. The molecular weight excluding hydrogens is 168 g/mol. The van der Waals surface area contributed by atoms with Gasteiger partial charge in [-0.15, -0.1) is 0 Å². The fourth-order valence-corrected chi connectivity index (χ4v) is 3.26. The maximum Gasteiger partial charge on any atom is -0.0111 e. The van der Waals surface area contributed by atoms with Gasteiger partial charge in [-0.2, -0.15) is 0 Å². The smallest absolute Gasteiger partial charge is 0.0111 e. The fourth-order valence-electron chi connectivity index (χ4n) is 3.26. The fraction of sp³-hybridized carbons (Fsp3) is 0.714. The molecule has 0 radical (unpaired) electrons. The van der Waals surface area contributed by atoms with E-state index in [0.717, 1.165) is 17.8 Å². The van der Waals surface area contributed by atoms with Gasteiger partial charge in [0.15, 0.2) is 0 Å². The van der Waals surface area contributed by atoms with Crippen molar-refractivity contribution in [3.05, 3.63) is 23.8 Å². The number of rotatable bonds is 1. The Labute approximate surface area is 88.1 Å². The van der Waals surface area contributed by atoms with Crippen LogP contribution in [0.5, 0.6) is 0 Å². The molecule has 0 aliphatic heterocycles. The molecule has 3 rings (SSSR count). The quantitative estimate of drug-likeness (QED) is 0.544. The van der Waals surface area contributed by atoms with Crippen molar-refractivity contribution in [2.45, 2.75) is 40.5 Å². The molecule has 0 nitrogen and oxygen atoms in total. The SMILES string of the molecule is CC(C)=C[C@H]1[C@@H]2C=C[C@@H](CC2)C1(C)C. The Bertz CT molecular complexity index is 276. The van der Waals surface area contributed by atoms with Crippen LogP contribution in [0.25, 0.3) is 0 Å². The molecule has 2 bridgehead atoms. The van der Waals surface area contributed by atoms with Crippen molar-refractivity contribution in [1.82, 2.24) is 0 Å². The van der Waals surface area contributed by atoms with Gasteiger partial charge < -0.3 is 0 Å². The molecule has 3 aliphatic rings. The average Bonchev–Trinajstić information content (AvgIpc) is 2.12. The number of fused-ring (bicyclic) bond motifs is 2. The molecule has 3 atom stereocenters. The highest BCUT2D eigenvalue weighted by Crippen LogP contribution is 2.53. The van der Waals surface area contributed by atoms with Gasteiger partial charge in [-0.05, 0) is 49.9 Å². The molecule has 0 unspecified atom stereocenters. The first-order valence-corrected chi connectivity index (χ1v) is 5.85. The summed E-state index contributed by atoms with van der Waals surface area (Å²) in [5.74, 6) is 2.40. The van der Waals surface area contributed by atoms with Gasteiger partial charge in [0, 0.05) is 0 Å². The number of allylic oxidation sites excluding steroid dienone is 4. The monoisotopic (exact) mass is 190 g/mol. The average molecular weight is 190 g/mol. The summed E-state index contributed by atoms with van der Waals surface area (Å²) in [6.07, 6.45) is 10.2. The van der Waals surface area contributed by atoms with E-state index in [-0.39, 0.29) is 0 Å². The summed E-state index contributed by atoms with van der Waals surface area (Å²) < 4.78 is 0. The van der Waals surface area contributed by atoms with Crippen molar-refractivity contribution in [3.8, 4) is 0 Å². The van der Waals surface area contributed by atoms with Gasteiger partial charge in [-0.25, -0.2) is 0 Å². The minimum atomic E-state index is 0.481. The van der Waals surface area contributed by atoms with Crippen LogP contribution in [0.1, 0.15) is 40.5 Å². The van der Waals surface area contributed by atoms with E-state index < -0.39 is 0 Å². The molecule has 0 heteroatoms. The Morgan fingerprint density at radius 1 is 1.21 bits per heavy atom. The van der Waals surface area contributed by atoms with E-state index in [1.807, 2.05) is 0 Å². The van der Waals surface area contributed by atoms with E-state index in [2.05, 4.69) is 45.9 Å². The van der Waals surface area contributed by atoms with Crippen LogP contribution in [0.2, 0.25) is 0 Å². The van der Waals surface area contributed by atoms with Gasteiger partial charge in [-0.1, -0.05) is 37.6 Å². The van der Waals surface area contributed by atoms with Crippen LogP contribution in [0.15, 0.2) is 23.8 Å². The predicted octanol–water partition coefficient (Wildman–Crippen LogP) is 4.19. The lowest BCUT2D eigenvalue weighted by atomic mass is 9.54. The third kappa shape index (κ3) is 1.45. The Morgan fingerprint density at radius 3 is 2.36 bits per heavy atom. The van der Waals surface area contributed by atoms with Crippen LogP contribution >= 0.6 is 0 Å². The van der Waals surface area contributed by atoms with Crippen LogP contribution in [-0.4, -0.2) is 0 Å². The van der Waals surface area contributed by atoms with Crippen LogP contribution in [0.4, 0.5) is 0 Å². The lowest BCUT2D eigenvalue weighted by molar-refractivity contribution is 0.0712. The molecule has 0 aromatic heterocycles. The first-order valence-electron chi connectivity index (χ1n) is 5.85. The minimum Gasteiger partial charge on any atom is -0.0846 e. The number of hydrogen-bond acceptors (Lipinski definition) is 0. The standard InChI is InChI=1S/C14H22/c1-10(2)9-13-11-5-7-12(8-6-11)14(13,3)4/h5,7,9,11-13H,6,8H2,1-4H3/t11-,12+,13+/m1/s1. The van der Waals surface area contributed by atoms with Crippen molar-refractivity contribution in [2.75, 3.05) is 0 Å². The van der Waals surface area contributed by atoms with Crippen molar-refractivity contribution in [1.29, 1.82) is 0 Å². The topological polar surface area (TPSA) is 0 Å².